The highest BCUT2D eigenvalue weighted by Crippen LogP contribution is 2.38. The fourth-order valence-corrected chi connectivity index (χ4v) is 3.27. The predicted octanol–water partition coefficient (Wildman–Crippen LogP) is 4.18. The maximum Gasteiger partial charge on any atom is 0.416 e. The number of alkyl halides is 3. The van der Waals surface area contributed by atoms with Gasteiger partial charge in [0.2, 0.25) is 0 Å². The second kappa shape index (κ2) is 8.00. The highest BCUT2D eigenvalue weighted by molar-refractivity contribution is 5.92. The van der Waals surface area contributed by atoms with Crippen molar-refractivity contribution < 1.29 is 17.9 Å². The van der Waals surface area contributed by atoms with E-state index in [0.29, 0.717) is 38.2 Å². The van der Waals surface area contributed by atoms with Crippen LogP contribution in [0.15, 0.2) is 59.6 Å². The van der Waals surface area contributed by atoms with Crippen molar-refractivity contribution >= 4 is 11.6 Å². The first-order chi connectivity index (χ1) is 12.9. The molecular formula is C20H22F3N3O. The summed E-state index contributed by atoms with van der Waals surface area (Å²) in [5.41, 5.74) is 6.24. The third-order valence-corrected chi connectivity index (χ3v) is 4.85. The van der Waals surface area contributed by atoms with Gasteiger partial charge in [0, 0.05) is 24.3 Å². The third-order valence-electron chi connectivity index (χ3n) is 4.85. The molecule has 1 aliphatic heterocycles. The van der Waals surface area contributed by atoms with Gasteiger partial charge in [-0.25, -0.2) is 0 Å². The van der Waals surface area contributed by atoms with E-state index >= 15 is 0 Å². The van der Waals surface area contributed by atoms with Crippen molar-refractivity contribution in [1.29, 1.82) is 0 Å². The molecule has 0 saturated carbocycles. The monoisotopic (exact) mass is 377 g/mol. The fourth-order valence-electron chi connectivity index (χ4n) is 3.27. The topological polar surface area (TPSA) is 59.6 Å². The lowest BCUT2D eigenvalue weighted by Crippen LogP contribution is -2.38. The summed E-state index contributed by atoms with van der Waals surface area (Å²) >= 11 is 0. The van der Waals surface area contributed by atoms with Crippen molar-refractivity contribution in [3.05, 3.63) is 65.7 Å². The number of aliphatic imine (C=N–C) groups is 1. The van der Waals surface area contributed by atoms with Gasteiger partial charge in [0.1, 0.15) is 0 Å². The van der Waals surface area contributed by atoms with Gasteiger partial charge in [-0.3, -0.25) is 4.99 Å². The molecule has 144 valence electrons. The van der Waals surface area contributed by atoms with Crippen molar-refractivity contribution in [2.24, 2.45) is 10.7 Å². The lowest BCUT2D eigenvalue weighted by Gasteiger charge is -2.37. The zero-order valence-electron chi connectivity index (χ0n) is 14.8. The molecule has 27 heavy (non-hydrogen) atoms. The number of guanidine groups is 1. The Labute approximate surface area is 156 Å². The van der Waals surface area contributed by atoms with Gasteiger partial charge in [0.05, 0.1) is 12.1 Å². The Morgan fingerprint density at radius 1 is 1.07 bits per heavy atom. The average Bonchev–Trinajstić information content (AvgIpc) is 2.67. The molecule has 0 bridgehead atoms. The molecule has 1 heterocycles. The summed E-state index contributed by atoms with van der Waals surface area (Å²) in [5.74, 6) is 0.235. The van der Waals surface area contributed by atoms with E-state index in [2.05, 4.69) is 10.3 Å². The number of nitrogens with two attached hydrogens (primary N) is 1. The standard InChI is InChI=1S/C20H22F3N3O/c21-20(22,23)16-6-4-5-15(13-16)19(9-11-27-12-10-19)14-25-18(24)26-17-7-2-1-3-8-17/h1-8,13H,9-12,14H2,(H3,24,25,26). The highest BCUT2D eigenvalue weighted by Gasteiger charge is 2.37. The number of para-hydroxylation sites is 1. The molecule has 0 radical (unpaired) electrons. The molecule has 0 aliphatic carbocycles. The Balaban J connectivity index is 1.84. The Bertz CT molecular complexity index is 785. The Hall–Kier alpha value is -2.54. The number of nitrogens with zero attached hydrogens (tertiary/aromatic N) is 1. The van der Waals surface area contributed by atoms with Gasteiger partial charge < -0.3 is 15.8 Å². The summed E-state index contributed by atoms with van der Waals surface area (Å²) in [7, 11) is 0. The first kappa shape index (κ1) is 19.2. The molecule has 0 unspecified atom stereocenters. The maximum absolute atomic E-state index is 13.1. The van der Waals surface area contributed by atoms with Crippen LogP contribution in [-0.4, -0.2) is 25.7 Å². The fraction of sp³-hybridized carbons (Fsp3) is 0.350. The van der Waals surface area contributed by atoms with E-state index in [4.69, 9.17) is 10.5 Å². The minimum Gasteiger partial charge on any atom is -0.381 e. The quantitative estimate of drug-likeness (QED) is 0.621. The van der Waals surface area contributed by atoms with Crippen LogP contribution in [0.4, 0.5) is 18.9 Å². The molecule has 0 spiro atoms. The number of halogens is 3. The molecule has 3 N–H and O–H groups in total. The molecule has 7 heteroatoms. The van der Waals surface area contributed by atoms with E-state index in [-0.39, 0.29) is 5.96 Å². The highest BCUT2D eigenvalue weighted by atomic mass is 19.4. The van der Waals surface area contributed by atoms with Crippen molar-refractivity contribution in [2.75, 3.05) is 25.1 Å². The molecule has 0 aromatic heterocycles. The van der Waals surface area contributed by atoms with Crippen LogP contribution in [0.5, 0.6) is 0 Å². The summed E-state index contributed by atoms with van der Waals surface area (Å²) in [6, 6.07) is 14.9. The van der Waals surface area contributed by atoms with E-state index in [0.717, 1.165) is 11.8 Å². The zero-order valence-corrected chi connectivity index (χ0v) is 14.8. The number of nitrogens with one attached hydrogen (secondary N) is 1. The number of rotatable bonds is 4. The molecule has 1 saturated heterocycles. The normalized spacial score (nSPS) is 17.5. The molecule has 4 nitrogen and oxygen atoms in total. The summed E-state index contributed by atoms with van der Waals surface area (Å²) in [4.78, 5) is 4.43. The third kappa shape index (κ3) is 4.80. The second-order valence-electron chi connectivity index (χ2n) is 6.66. The minimum absolute atomic E-state index is 0.235. The van der Waals surface area contributed by atoms with Gasteiger partial charge in [-0.2, -0.15) is 13.2 Å². The van der Waals surface area contributed by atoms with Crippen LogP contribution >= 0.6 is 0 Å². The Morgan fingerprint density at radius 3 is 2.44 bits per heavy atom. The predicted molar refractivity (Wildman–Crippen MR) is 99.7 cm³/mol. The van der Waals surface area contributed by atoms with Gasteiger partial charge in [-0.05, 0) is 36.6 Å². The lowest BCUT2D eigenvalue weighted by atomic mass is 9.74. The molecule has 1 fully saturated rings. The van der Waals surface area contributed by atoms with Crippen molar-refractivity contribution in [1.82, 2.24) is 0 Å². The van der Waals surface area contributed by atoms with Crippen molar-refractivity contribution in [3.8, 4) is 0 Å². The van der Waals surface area contributed by atoms with Gasteiger partial charge in [0.25, 0.3) is 0 Å². The number of anilines is 1. The molecule has 3 rings (SSSR count). The lowest BCUT2D eigenvalue weighted by molar-refractivity contribution is -0.137. The molecule has 2 aromatic rings. The van der Waals surface area contributed by atoms with Crippen LogP contribution in [-0.2, 0) is 16.3 Å². The first-order valence-corrected chi connectivity index (χ1v) is 8.77. The van der Waals surface area contributed by atoms with Crippen LogP contribution in [0, 0.1) is 0 Å². The minimum atomic E-state index is -4.38. The number of hydrogen-bond acceptors (Lipinski definition) is 2. The summed E-state index contributed by atoms with van der Waals surface area (Å²) in [5, 5.41) is 3.00. The zero-order chi connectivity index (χ0) is 19.3. The van der Waals surface area contributed by atoms with Crippen LogP contribution in [0.1, 0.15) is 24.0 Å². The summed E-state index contributed by atoms with van der Waals surface area (Å²) in [6.45, 7) is 1.26. The van der Waals surface area contributed by atoms with E-state index in [1.807, 2.05) is 30.3 Å². The Kier molecular flexibility index (Phi) is 5.70. The molecule has 0 atom stereocenters. The van der Waals surface area contributed by atoms with E-state index < -0.39 is 17.2 Å². The molecule has 2 aromatic carbocycles. The van der Waals surface area contributed by atoms with Crippen LogP contribution < -0.4 is 11.1 Å². The number of ether oxygens (including phenoxy) is 1. The van der Waals surface area contributed by atoms with Crippen LogP contribution in [0.3, 0.4) is 0 Å². The van der Waals surface area contributed by atoms with Gasteiger partial charge in [-0.1, -0.05) is 36.4 Å². The molecular weight excluding hydrogens is 355 g/mol. The maximum atomic E-state index is 13.1. The molecule has 0 amide bonds. The SMILES string of the molecule is NC(=NCC1(c2cccc(C(F)(F)F)c2)CCOCC1)Nc1ccccc1. The van der Waals surface area contributed by atoms with Crippen molar-refractivity contribution in [2.45, 2.75) is 24.4 Å². The van der Waals surface area contributed by atoms with E-state index in [1.54, 1.807) is 6.07 Å². The second-order valence-corrected chi connectivity index (χ2v) is 6.66. The van der Waals surface area contributed by atoms with Crippen LogP contribution in [0.2, 0.25) is 0 Å². The summed E-state index contributed by atoms with van der Waals surface area (Å²) in [6.07, 6.45) is -3.19. The average molecular weight is 377 g/mol. The van der Waals surface area contributed by atoms with Crippen LogP contribution in [0.25, 0.3) is 0 Å². The van der Waals surface area contributed by atoms with Gasteiger partial charge in [0.15, 0.2) is 5.96 Å². The smallest absolute Gasteiger partial charge is 0.381 e. The van der Waals surface area contributed by atoms with Crippen molar-refractivity contribution in [3.63, 3.8) is 0 Å². The van der Waals surface area contributed by atoms with Gasteiger partial charge in [-0.15, -0.1) is 0 Å². The summed E-state index contributed by atoms with van der Waals surface area (Å²) < 4.78 is 44.8. The largest absolute Gasteiger partial charge is 0.416 e. The van der Waals surface area contributed by atoms with E-state index in [9.17, 15) is 13.2 Å². The van der Waals surface area contributed by atoms with E-state index in [1.165, 1.54) is 12.1 Å². The Morgan fingerprint density at radius 2 is 1.78 bits per heavy atom. The van der Waals surface area contributed by atoms with Gasteiger partial charge >= 0.3 is 6.18 Å². The molecule has 1 aliphatic rings. The number of benzene rings is 2. The first-order valence-electron chi connectivity index (χ1n) is 8.77. The number of hydrogen-bond donors (Lipinski definition) is 2.